The number of carbonyl (C=O) groups excluding carboxylic acids is 2. The summed E-state index contributed by atoms with van der Waals surface area (Å²) in [6, 6.07) is 11.1. The van der Waals surface area contributed by atoms with Crippen molar-refractivity contribution in [3.05, 3.63) is 65.5 Å². The van der Waals surface area contributed by atoms with Gasteiger partial charge in [-0.1, -0.05) is 30.3 Å². The number of esters is 1. The van der Waals surface area contributed by atoms with Gasteiger partial charge in [0.15, 0.2) is 11.6 Å². The Morgan fingerprint density at radius 3 is 1.89 bits per heavy atom. The molecule has 4 aliphatic rings. The molecule has 1 amide bonds. The van der Waals surface area contributed by atoms with Crippen LogP contribution in [0.4, 0.5) is 22.0 Å². The molecule has 2 aromatic rings. The van der Waals surface area contributed by atoms with Crippen molar-refractivity contribution in [1.29, 1.82) is 10.8 Å². The number of aliphatic imine (C=N–C) groups is 1. The normalized spacial score (nSPS) is 22.0. The fourth-order valence-electron chi connectivity index (χ4n) is 11.9. The second-order valence-electron chi connectivity index (χ2n) is 23.1. The molecule has 0 aromatic heterocycles. The number of nitrogens with zero attached hydrogens (tertiary/aromatic N) is 4. The average molecular weight is 1240 g/mol. The van der Waals surface area contributed by atoms with Crippen LogP contribution >= 0.6 is 0 Å². The number of nitrogens with two attached hydrogens (primary N) is 1. The van der Waals surface area contributed by atoms with Crippen molar-refractivity contribution in [2.24, 2.45) is 33.2 Å². The molecule has 0 radical (unpaired) electrons. The first kappa shape index (κ1) is 71.0. The highest BCUT2D eigenvalue weighted by Gasteiger charge is 2.55. The summed E-state index contributed by atoms with van der Waals surface area (Å²) in [7, 11) is 0. The van der Waals surface area contributed by atoms with Gasteiger partial charge in [0.1, 0.15) is 17.4 Å². The Morgan fingerprint density at radius 1 is 0.759 bits per heavy atom. The van der Waals surface area contributed by atoms with Crippen LogP contribution in [0.2, 0.25) is 0 Å². The minimum Gasteiger partial charge on any atom is -0.420 e. The molecule has 3 aliphatic carbocycles. The maximum absolute atomic E-state index is 13.9. The number of ether oxygens (including phenoxy) is 10. The van der Waals surface area contributed by atoms with Crippen LogP contribution in [0.25, 0.3) is 0 Å². The van der Waals surface area contributed by atoms with Gasteiger partial charge >= 0.3 is 5.97 Å². The summed E-state index contributed by atoms with van der Waals surface area (Å²) < 4.78 is 123. The summed E-state index contributed by atoms with van der Waals surface area (Å²) >= 11 is 0. The number of benzene rings is 2. The highest BCUT2D eigenvalue weighted by atomic mass is 19.3. The summed E-state index contributed by atoms with van der Waals surface area (Å²) in [5, 5.41) is 25.0. The van der Waals surface area contributed by atoms with Crippen LogP contribution in [0.3, 0.4) is 0 Å². The van der Waals surface area contributed by atoms with E-state index >= 15 is 0 Å². The number of alkyl halides is 2. The van der Waals surface area contributed by atoms with E-state index in [-0.39, 0.29) is 100 Å². The summed E-state index contributed by atoms with van der Waals surface area (Å²) in [5.74, 6) is -2.32. The molecule has 87 heavy (non-hydrogen) atoms. The van der Waals surface area contributed by atoms with E-state index in [1.807, 2.05) is 35.2 Å². The second kappa shape index (κ2) is 37.8. The molecule has 6 rings (SSSR count). The Hall–Kier alpha value is -5.09. The molecule has 1 aliphatic heterocycles. The minimum atomic E-state index is -2.69. The van der Waals surface area contributed by atoms with Gasteiger partial charge in [-0.25, -0.2) is 22.0 Å². The van der Waals surface area contributed by atoms with Gasteiger partial charge in [0.25, 0.3) is 0 Å². The molecule has 5 N–H and O–H groups in total. The minimum absolute atomic E-state index is 0.0227. The van der Waals surface area contributed by atoms with Crippen molar-refractivity contribution in [1.82, 2.24) is 15.1 Å². The van der Waals surface area contributed by atoms with Gasteiger partial charge in [-0.2, -0.15) is 5.10 Å². The molecule has 25 heteroatoms. The molecule has 20 nitrogen and oxygen atoms in total. The van der Waals surface area contributed by atoms with E-state index in [1.54, 1.807) is 6.92 Å². The molecule has 4 atom stereocenters. The van der Waals surface area contributed by atoms with Gasteiger partial charge in [-0.3, -0.25) is 30.3 Å². The van der Waals surface area contributed by atoms with E-state index in [2.05, 4.69) is 38.9 Å². The van der Waals surface area contributed by atoms with Gasteiger partial charge in [-0.15, -0.1) is 0 Å². The Labute approximate surface area is 509 Å². The van der Waals surface area contributed by atoms with Gasteiger partial charge in [0.05, 0.1) is 143 Å². The van der Waals surface area contributed by atoms with Crippen molar-refractivity contribution in [2.45, 2.75) is 140 Å². The Balaban J connectivity index is 0.698. The largest absolute Gasteiger partial charge is 0.420 e. The Kier molecular flexibility index (Phi) is 30.8. The summed E-state index contributed by atoms with van der Waals surface area (Å²) in [5.41, 5.74) is 1.68. The van der Waals surface area contributed by atoms with Gasteiger partial charge in [0.2, 0.25) is 17.6 Å². The van der Waals surface area contributed by atoms with Gasteiger partial charge in [-0.05, 0) is 96.0 Å². The highest BCUT2D eigenvalue weighted by Crippen LogP contribution is 2.60. The number of nitrogens with one attached hydrogen (secondary N) is 3. The number of hydrogen-bond acceptors (Lipinski definition) is 18. The standard InChI is InChI=1S/C62H93F5N8O12/c1-44-9-10-52(74(44)18-13-56(47-7-5-4-6-8-47)72-60(77)48-11-15-62(66,67)16-12-48)35-45(2)75(46(3)68)59(69)49-38-61(39-49)40-53(41-61)86-34-33-84-30-29-82-27-28-83-31-32-85-43-51(73-70)42-71-17-20-79-22-24-81-26-25-80-23-21-78-19-14-57(76)87-58-54(64)36-50(63)37-55(58)65/h4-8,36-37,42,44-45,48-49,52-53,56,68-69H,9-35,38-41,43,70H2,1-3H3,(H,72,77)/b68-46?,69-59?,71-42?,73-51+. The zero-order valence-corrected chi connectivity index (χ0v) is 50.9. The van der Waals surface area contributed by atoms with Crippen molar-refractivity contribution in [3.63, 3.8) is 0 Å². The van der Waals surface area contributed by atoms with Crippen LogP contribution < -0.4 is 15.9 Å². The molecule has 1 saturated heterocycles. The third-order valence-electron chi connectivity index (χ3n) is 16.4. The fourth-order valence-corrected chi connectivity index (χ4v) is 11.9. The molecular weight excluding hydrogens is 1140 g/mol. The van der Waals surface area contributed by atoms with Crippen LogP contribution in [0, 0.1) is 45.5 Å². The zero-order valence-electron chi connectivity index (χ0n) is 50.9. The van der Waals surface area contributed by atoms with E-state index in [0.717, 1.165) is 57.1 Å². The SMILES string of the molecule is CC(=N)N(C(=N)C1CC2(CC(OCCOCCOCCOCCOC/C(C=NCCOCCOCCOCCOCCC(=O)Oc3c(F)cc(F)cc3F)=N/N)C2)C1)C(C)CC1CCC(C)N1CCC(NC(=O)C1CCC(F)(F)CC1)c1ccccc1. The molecule has 4 fully saturated rings. The summed E-state index contributed by atoms with van der Waals surface area (Å²) in [4.78, 5) is 33.9. The number of halogens is 5. The van der Waals surface area contributed by atoms with Crippen molar-refractivity contribution in [2.75, 3.05) is 125 Å². The van der Waals surface area contributed by atoms with Crippen molar-refractivity contribution >= 4 is 35.5 Å². The molecular formula is C62H93F5N8O12. The first-order valence-electron chi connectivity index (χ1n) is 30.7. The van der Waals surface area contributed by atoms with E-state index < -0.39 is 41.0 Å². The maximum Gasteiger partial charge on any atom is 0.313 e. The van der Waals surface area contributed by atoms with E-state index in [0.29, 0.717) is 134 Å². The lowest BCUT2D eigenvalue weighted by atomic mass is 9.50. The van der Waals surface area contributed by atoms with Gasteiger partial charge in [0, 0.05) is 67.7 Å². The number of amides is 1. The second-order valence-corrected chi connectivity index (χ2v) is 23.1. The quantitative estimate of drug-likeness (QED) is 0.00712. The van der Waals surface area contributed by atoms with Crippen molar-refractivity contribution in [3.8, 4) is 5.75 Å². The Morgan fingerprint density at radius 2 is 1.31 bits per heavy atom. The van der Waals surface area contributed by atoms with Crippen LogP contribution in [0.5, 0.6) is 5.75 Å². The Bertz CT molecular complexity index is 2420. The molecule has 0 bridgehead atoms. The lowest BCUT2D eigenvalue weighted by molar-refractivity contribution is -0.136. The van der Waals surface area contributed by atoms with E-state index in [1.165, 1.54) is 6.21 Å². The first-order valence-corrected chi connectivity index (χ1v) is 30.7. The number of carbonyl (C=O) groups is 2. The first-order chi connectivity index (χ1) is 42.0. The average Bonchev–Trinajstić information content (AvgIpc) is 1.14. The third kappa shape index (κ3) is 24.7. The predicted molar refractivity (Wildman–Crippen MR) is 317 cm³/mol. The number of rotatable bonds is 42. The number of hydrogen-bond donors (Lipinski definition) is 4. The van der Waals surface area contributed by atoms with E-state index in [9.17, 15) is 37.0 Å². The lowest BCUT2D eigenvalue weighted by Crippen LogP contribution is -2.57. The molecule has 4 unspecified atom stereocenters. The smallest absolute Gasteiger partial charge is 0.313 e. The predicted octanol–water partition coefficient (Wildman–Crippen LogP) is 8.47. The van der Waals surface area contributed by atoms with Crippen molar-refractivity contribution < 1.29 is 78.9 Å². The van der Waals surface area contributed by atoms with E-state index in [4.69, 9.17) is 53.9 Å². The summed E-state index contributed by atoms with van der Waals surface area (Å²) in [6.45, 7) is 13.0. The molecule has 2 aromatic carbocycles. The number of likely N-dealkylation sites (tertiary alicyclic amines) is 1. The molecule has 3 saturated carbocycles. The molecule has 488 valence electrons. The monoisotopic (exact) mass is 1240 g/mol. The summed E-state index contributed by atoms with van der Waals surface area (Å²) in [6.07, 6.45) is 8.81. The highest BCUT2D eigenvalue weighted by molar-refractivity contribution is 6.31. The lowest BCUT2D eigenvalue weighted by Gasteiger charge is -2.58. The number of amidine groups is 2. The third-order valence-corrected chi connectivity index (χ3v) is 16.4. The van der Waals surface area contributed by atoms with Crippen LogP contribution in [0.1, 0.15) is 116 Å². The van der Waals surface area contributed by atoms with Crippen LogP contribution in [0.15, 0.2) is 52.6 Å². The number of hydrazone groups is 1. The molecule has 1 spiro atoms. The molecule has 1 heterocycles. The van der Waals surface area contributed by atoms with Crippen LogP contribution in [-0.2, 0) is 52.2 Å². The maximum atomic E-state index is 13.9. The topological polar surface area (TPSA) is 243 Å². The van der Waals surface area contributed by atoms with Gasteiger partial charge < -0.3 is 63.4 Å². The zero-order chi connectivity index (χ0) is 62.4. The fraction of sp³-hybridized carbons (Fsp3) is 0.710. The van der Waals surface area contributed by atoms with Crippen LogP contribution in [-0.4, -0.2) is 201 Å².